The van der Waals surface area contributed by atoms with Crippen molar-refractivity contribution in [3.05, 3.63) is 46.0 Å². The van der Waals surface area contributed by atoms with Gasteiger partial charge in [0.15, 0.2) is 0 Å². The number of amides is 1. The molecule has 0 bridgehead atoms. The maximum atomic E-state index is 12.2. The molecular weight excluding hydrogens is 378 g/mol. The molecule has 1 amide bonds. The van der Waals surface area contributed by atoms with Gasteiger partial charge in [-0.1, -0.05) is 28.1 Å². The molecule has 1 aromatic rings. The average molecular weight is 396 g/mol. The van der Waals surface area contributed by atoms with E-state index in [0.717, 1.165) is 4.47 Å². The predicted octanol–water partition coefficient (Wildman–Crippen LogP) is 2.38. The second-order valence-electron chi connectivity index (χ2n) is 5.19. The zero-order valence-electron chi connectivity index (χ0n) is 13.6. The lowest BCUT2D eigenvalue weighted by Crippen LogP contribution is -2.42. The molecule has 2 atom stereocenters. The quantitative estimate of drug-likeness (QED) is 0.731. The lowest BCUT2D eigenvalue weighted by Gasteiger charge is -2.29. The summed E-state index contributed by atoms with van der Waals surface area (Å²) in [6.45, 7) is 3.22. The number of methoxy groups -OCH3 is 1. The number of halogens is 1. The van der Waals surface area contributed by atoms with E-state index in [2.05, 4.69) is 15.9 Å². The van der Waals surface area contributed by atoms with Crippen LogP contribution >= 0.6 is 15.9 Å². The minimum atomic E-state index is -0.958. The van der Waals surface area contributed by atoms with Gasteiger partial charge in [0.25, 0.3) is 0 Å². The number of benzene rings is 1. The Kier molecular flexibility index (Phi) is 5.77. The highest BCUT2D eigenvalue weighted by molar-refractivity contribution is 9.10. The molecule has 1 aromatic carbocycles. The first-order chi connectivity index (χ1) is 11.4. The number of carbonyl (C=O) groups is 3. The monoisotopic (exact) mass is 395 g/mol. The molecule has 0 radical (unpaired) electrons. The second-order valence-corrected chi connectivity index (χ2v) is 6.11. The molecule has 7 heteroatoms. The third-order valence-corrected chi connectivity index (χ3v) is 4.18. The Morgan fingerprint density at radius 1 is 1.29 bits per heavy atom. The van der Waals surface area contributed by atoms with E-state index < -0.39 is 24.0 Å². The van der Waals surface area contributed by atoms with E-state index >= 15 is 0 Å². The van der Waals surface area contributed by atoms with E-state index in [9.17, 15) is 14.4 Å². The topological polar surface area (TPSA) is 72.9 Å². The van der Waals surface area contributed by atoms with Crippen molar-refractivity contribution in [3.8, 4) is 0 Å². The van der Waals surface area contributed by atoms with Crippen LogP contribution in [0.3, 0.4) is 0 Å². The van der Waals surface area contributed by atoms with Gasteiger partial charge in [0.1, 0.15) is 6.04 Å². The Labute approximate surface area is 148 Å². The van der Waals surface area contributed by atoms with Crippen molar-refractivity contribution >= 4 is 33.8 Å². The van der Waals surface area contributed by atoms with Crippen molar-refractivity contribution in [1.29, 1.82) is 0 Å². The van der Waals surface area contributed by atoms with Crippen LogP contribution in [0.4, 0.5) is 0 Å². The molecule has 0 aromatic heterocycles. The highest BCUT2D eigenvalue weighted by Crippen LogP contribution is 2.38. The Hall–Kier alpha value is -2.15. The van der Waals surface area contributed by atoms with Crippen LogP contribution in [0.25, 0.3) is 0 Å². The molecule has 1 aliphatic heterocycles. The van der Waals surface area contributed by atoms with Crippen LogP contribution in [0, 0.1) is 0 Å². The van der Waals surface area contributed by atoms with Gasteiger partial charge in [0, 0.05) is 11.4 Å². The van der Waals surface area contributed by atoms with Crippen molar-refractivity contribution in [2.45, 2.75) is 25.9 Å². The molecule has 0 spiro atoms. The molecule has 6 nitrogen and oxygen atoms in total. The number of hydrogen-bond donors (Lipinski definition) is 0. The maximum absolute atomic E-state index is 12.2. The molecular formula is C17H18BrNO5. The number of nitrogens with zero attached hydrogens (tertiary/aromatic N) is 1. The number of carbonyl (C=O) groups excluding carboxylic acids is 3. The van der Waals surface area contributed by atoms with E-state index in [1.165, 1.54) is 25.0 Å². The van der Waals surface area contributed by atoms with Gasteiger partial charge in [0.2, 0.25) is 5.91 Å². The molecule has 24 heavy (non-hydrogen) atoms. The zero-order chi connectivity index (χ0) is 17.9. The van der Waals surface area contributed by atoms with Gasteiger partial charge in [-0.3, -0.25) is 4.79 Å². The minimum Gasteiger partial charge on any atom is -0.466 e. The summed E-state index contributed by atoms with van der Waals surface area (Å²) in [5.74, 6) is -1.50. The molecule has 1 aliphatic rings. The number of hydrogen-bond acceptors (Lipinski definition) is 5. The highest BCUT2D eigenvalue weighted by atomic mass is 79.9. The van der Waals surface area contributed by atoms with E-state index in [0.29, 0.717) is 5.56 Å². The molecule has 0 N–H and O–H groups in total. The van der Waals surface area contributed by atoms with Gasteiger partial charge in [-0.2, -0.15) is 0 Å². The predicted molar refractivity (Wildman–Crippen MR) is 89.9 cm³/mol. The summed E-state index contributed by atoms with van der Waals surface area (Å²) in [7, 11) is 1.26. The third kappa shape index (κ3) is 3.51. The number of rotatable bonds is 4. The first-order valence-corrected chi connectivity index (χ1v) is 8.21. The zero-order valence-corrected chi connectivity index (χ0v) is 15.2. The van der Waals surface area contributed by atoms with Crippen molar-refractivity contribution in [3.63, 3.8) is 0 Å². The van der Waals surface area contributed by atoms with Crippen molar-refractivity contribution in [2.24, 2.45) is 0 Å². The molecule has 0 fully saturated rings. The summed E-state index contributed by atoms with van der Waals surface area (Å²) in [5.41, 5.74) is 0.937. The molecule has 0 saturated carbocycles. The Morgan fingerprint density at radius 3 is 2.54 bits per heavy atom. The molecule has 2 rings (SSSR count). The largest absolute Gasteiger partial charge is 0.466 e. The van der Waals surface area contributed by atoms with Crippen molar-refractivity contribution in [1.82, 2.24) is 4.90 Å². The van der Waals surface area contributed by atoms with E-state index in [4.69, 9.17) is 9.47 Å². The smallest absolute Gasteiger partial charge is 0.335 e. The van der Waals surface area contributed by atoms with Crippen LogP contribution in [0.1, 0.15) is 25.5 Å². The van der Waals surface area contributed by atoms with Crippen LogP contribution in [0.15, 0.2) is 40.4 Å². The summed E-state index contributed by atoms with van der Waals surface area (Å²) in [4.78, 5) is 38.0. The van der Waals surface area contributed by atoms with E-state index in [1.54, 1.807) is 25.1 Å². The Balaban J connectivity index is 2.54. The van der Waals surface area contributed by atoms with Crippen LogP contribution in [-0.4, -0.2) is 42.5 Å². The van der Waals surface area contributed by atoms with Gasteiger partial charge < -0.3 is 14.4 Å². The molecule has 0 unspecified atom stereocenters. The van der Waals surface area contributed by atoms with Crippen molar-refractivity contribution < 1.29 is 23.9 Å². The van der Waals surface area contributed by atoms with Crippen LogP contribution in [0.2, 0.25) is 0 Å². The summed E-state index contributed by atoms with van der Waals surface area (Å²) in [6, 6.07) is 5.55. The normalized spacial score (nSPS) is 19.7. The summed E-state index contributed by atoms with van der Waals surface area (Å²) >= 11 is 3.38. The van der Waals surface area contributed by atoms with Gasteiger partial charge in [-0.05, 0) is 30.7 Å². The van der Waals surface area contributed by atoms with Crippen LogP contribution in [0.5, 0.6) is 0 Å². The number of ether oxygens (including phenoxy) is 2. The second kappa shape index (κ2) is 7.61. The SMILES string of the molecule is CCOC(=O)[C@H]1C=C(C(=O)OC)[C@@H](c2cccc(Br)c2)N1C(C)=O. The molecule has 128 valence electrons. The molecule has 0 aliphatic carbocycles. The minimum absolute atomic E-state index is 0.185. The lowest BCUT2D eigenvalue weighted by molar-refractivity contribution is -0.152. The van der Waals surface area contributed by atoms with Gasteiger partial charge in [0.05, 0.1) is 25.3 Å². The van der Waals surface area contributed by atoms with Gasteiger partial charge >= 0.3 is 11.9 Å². The standard InChI is InChI=1S/C17H18BrNO5/c1-4-24-17(22)14-9-13(16(21)23-3)15(19(14)10(2)20)11-6-5-7-12(18)8-11/h5-9,14-15H,4H2,1-3H3/t14-,15-/m1/s1. The summed E-state index contributed by atoms with van der Waals surface area (Å²) in [6.07, 6.45) is 1.44. The van der Waals surface area contributed by atoms with Crippen LogP contribution in [-0.2, 0) is 23.9 Å². The number of esters is 2. The van der Waals surface area contributed by atoms with Crippen molar-refractivity contribution in [2.75, 3.05) is 13.7 Å². The first-order valence-electron chi connectivity index (χ1n) is 7.41. The first kappa shape index (κ1) is 18.2. The Bertz CT molecular complexity index is 700. The fourth-order valence-corrected chi connectivity index (χ4v) is 3.17. The fourth-order valence-electron chi connectivity index (χ4n) is 2.75. The fraction of sp³-hybridized carbons (Fsp3) is 0.353. The summed E-state index contributed by atoms with van der Waals surface area (Å²) < 4.78 is 10.7. The van der Waals surface area contributed by atoms with Gasteiger partial charge in [-0.25, -0.2) is 9.59 Å². The van der Waals surface area contributed by atoms with Gasteiger partial charge in [-0.15, -0.1) is 0 Å². The highest BCUT2D eigenvalue weighted by Gasteiger charge is 2.44. The van der Waals surface area contributed by atoms with E-state index in [1.807, 2.05) is 6.07 Å². The lowest BCUT2D eigenvalue weighted by atomic mass is 10.00. The third-order valence-electron chi connectivity index (χ3n) is 3.69. The molecule has 0 saturated heterocycles. The molecule has 1 heterocycles. The van der Waals surface area contributed by atoms with Crippen LogP contribution < -0.4 is 0 Å². The maximum Gasteiger partial charge on any atom is 0.335 e. The Morgan fingerprint density at radius 2 is 2.00 bits per heavy atom. The average Bonchev–Trinajstić information content (AvgIpc) is 2.95. The summed E-state index contributed by atoms with van der Waals surface area (Å²) in [5, 5.41) is 0. The van der Waals surface area contributed by atoms with E-state index in [-0.39, 0.29) is 18.1 Å².